The number of esters is 1. The summed E-state index contributed by atoms with van der Waals surface area (Å²) in [5.74, 6) is -2.92. The van der Waals surface area contributed by atoms with Gasteiger partial charge in [-0.3, -0.25) is 30.6 Å². The fourth-order valence-corrected chi connectivity index (χ4v) is 1.97. The van der Waals surface area contributed by atoms with Gasteiger partial charge in [0.1, 0.15) is 5.82 Å². The summed E-state index contributed by atoms with van der Waals surface area (Å²) in [5.41, 5.74) is 4.22. The van der Waals surface area contributed by atoms with Gasteiger partial charge in [0.15, 0.2) is 6.61 Å². The fourth-order valence-electron chi connectivity index (χ4n) is 1.97. The van der Waals surface area contributed by atoms with Gasteiger partial charge >= 0.3 is 5.97 Å². The Bertz CT molecular complexity index is 927. The lowest BCUT2D eigenvalue weighted by Gasteiger charge is -2.07. The highest BCUT2D eigenvalue weighted by atomic mass is 19.1. The third-order valence-corrected chi connectivity index (χ3v) is 3.30. The number of carbonyl (C=O) groups excluding carboxylic acids is 3. The summed E-state index contributed by atoms with van der Waals surface area (Å²) in [4.78, 5) is 45.2. The molecular formula is C18H14FN3O6. The molecule has 28 heavy (non-hydrogen) atoms. The topological polar surface area (TPSA) is 128 Å². The molecule has 2 N–H and O–H groups in total. The molecule has 0 unspecified atom stereocenters. The molecule has 0 aliphatic rings. The number of nitro benzene ring substituents is 1. The molecule has 0 radical (unpaired) electrons. The quantitative estimate of drug-likeness (QED) is 0.336. The molecule has 2 aromatic carbocycles. The molecule has 9 nitrogen and oxygen atoms in total. The Balaban J connectivity index is 1.79. The highest BCUT2D eigenvalue weighted by Crippen LogP contribution is 2.18. The zero-order chi connectivity index (χ0) is 20.5. The molecule has 0 aliphatic heterocycles. The molecule has 10 heteroatoms. The van der Waals surface area contributed by atoms with Crippen LogP contribution in [0.5, 0.6) is 0 Å². The number of nitrogens with one attached hydrogen (secondary N) is 2. The lowest BCUT2D eigenvalue weighted by atomic mass is 10.1. The third kappa shape index (κ3) is 6.02. The van der Waals surface area contributed by atoms with Crippen molar-refractivity contribution >= 4 is 29.5 Å². The predicted molar refractivity (Wildman–Crippen MR) is 95.1 cm³/mol. The number of nitro groups is 1. The van der Waals surface area contributed by atoms with Crippen LogP contribution >= 0.6 is 0 Å². The first-order valence-electron chi connectivity index (χ1n) is 7.80. The number of halogens is 1. The Labute approximate surface area is 157 Å². The standard InChI is InChI=1S/C18H14FN3O6/c19-14-8-5-13(6-9-14)18(25)21-20-16(23)11-28-17(24)10-7-12-3-1-2-4-15(12)22(26)27/h1-10H,11H2,(H,20,23)(H,21,25)/b10-7+. The number of hydrazine groups is 1. The maximum Gasteiger partial charge on any atom is 0.331 e. The van der Waals surface area contributed by atoms with Crippen molar-refractivity contribution in [3.63, 3.8) is 0 Å². The monoisotopic (exact) mass is 387 g/mol. The minimum atomic E-state index is -0.904. The maximum absolute atomic E-state index is 12.8. The fraction of sp³-hybridized carbons (Fsp3) is 0.0556. The molecule has 0 aromatic heterocycles. The van der Waals surface area contributed by atoms with Crippen LogP contribution in [0.15, 0.2) is 54.6 Å². The van der Waals surface area contributed by atoms with Gasteiger partial charge in [0, 0.05) is 17.7 Å². The van der Waals surface area contributed by atoms with Gasteiger partial charge in [-0.25, -0.2) is 9.18 Å². The Hall–Kier alpha value is -4.08. The first-order chi connectivity index (χ1) is 13.4. The second-order valence-corrected chi connectivity index (χ2v) is 5.27. The molecule has 0 bridgehead atoms. The van der Waals surface area contributed by atoms with Crippen LogP contribution in [0.25, 0.3) is 6.08 Å². The van der Waals surface area contributed by atoms with E-state index >= 15 is 0 Å². The van der Waals surface area contributed by atoms with Gasteiger partial charge in [-0.1, -0.05) is 12.1 Å². The molecule has 0 aliphatic carbocycles. The third-order valence-electron chi connectivity index (χ3n) is 3.30. The Morgan fingerprint density at radius 1 is 1.07 bits per heavy atom. The van der Waals surface area contributed by atoms with Gasteiger partial charge in [-0.15, -0.1) is 0 Å². The van der Waals surface area contributed by atoms with Crippen molar-refractivity contribution < 1.29 is 28.4 Å². The van der Waals surface area contributed by atoms with Crippen molar-refractivity contribution in [2.24, 2.45) is 0 Å². The highest BCUT2D eigenvalue weighted by Gasteiger charge is 2.11. The molecule has 2 rings (SSSR count). The Morgan fingerprint density at radius 2 is 1.75 bits per heavy atom. The SMILES string of the molecule is O=C(COC(=O)/C=C/c1ccccc1[N+](=O)[O-])NNC(=O)c1ccc(F)cc1. The first-order valence-corrected chi connectivity index (χ1v) is 7.80. The molecule has 2 amide bonds. The van der Waals surface area contributed by atoms with Gasteiger partial charge in [0.05, 0.1) is 10.5 Å². The predicted octanol–water partition coefficient (Wildman–Crippen LogP) is 1.75. The van der Waals surface area contributed by atoms with E-state index in [0.29, 0.717) is 0 Å². The number of hydrogen-bond donors (Lipinski definition) is 2. The normalized spacial score (nSPS) is 10.3. The molecule has 2 aromatic rings. The molecule has 0 fully saturated rings. The summed E-state index contributed by atoms with van der Waals surface area (Å²) in [6.45, 7) is -0.691. The zero-order valence-corrected chi connectivity index (χ0v) is 14.3. The van der Waals surface area contributed by atoms with Crippen molar-refractivity contribution in [2.75, 3.05) is 6.61 Å². The number of hydrogen-bond acceptors (Lipinski definition) is 6. The van der Waals surface area contributed by atoms with E-state index in [9.17, 15) is 28.9 Å². The maximum atomic E-state index is 12.8. The largest absolute Gasteiger partial charge is 0.452 e. The summed E-state index contributed by atoms with van der Waals surface area (Å²) in [7, 11) is 0. The van der Waals surface area contributed by atoms with Gasteiger partial charge < -0.3 is 4.74 Å². The van der Waals surface area contributed by atoms with Crippen LogP contribution in [-0.4, -0.2) is 29.3 Å². The van der Waals surface area contributed by atoms with E-state index < -0.39 is 35.1 Å². The van der Waals surface area contributed by atoms with Crippen LogP contribution in [0.2, 0.25) is 0 Å². The molecule has 0 heterocycles. The molecular weight excluding hydrogens is 373 g/mol. The van der Waals surface area contributed by atoms with Crippen molar-refractivity contribution in [3.8, 4) is 0 Å². The Morgan fingerprint density at radius 3 is 2.43 bits per heavy atom. The van der Waals surface area contributed by atoms with Crippen LogP contribution in [0.3, 0.4) is 0 Å². The van der Waals surface area contributed by atoms with E-state index in [2.05, 4.69) is 10.2 Å². The molecule has 0 saturated carbocycles. The zero-order valence-electron chi connectivity index (χ0n) is 14.3. The van der Waals surface area contributed by atoms with Gasteiger partial charge in [0.25, 0.3) is 17.5 Å². The average Bonchev–Trinajstić information content (AvgIpc) is 2.69. The Kier molecular flexibility index (Phi) is 6.92. The van der Waals surface area contributed by atoms with E-state index in [0.717, 1.165) is 18.2 Å². The number of carbonyl (C=O) groups is 3. The number of amides is 2. The summed E-state index contributed by atoms with van der Waals surface area (Å²) >= 11 is 0. The number of nitrogens with zero attached hydrogens (tertiary/aromatic N) is 1. The van der Waals surface area contributed by atoms with Gasteiger partial charge in [-0.2, -0.15) is 0 Å². The van der Waals surface area contributed by atoms with E-state index in [4.69, 9.17) is 0 Å². The van der Waals surface area contributed by atoms with Crippen molar-refractivity contribution in [2.45, 2.75) is 0 Å². The number of ether oxygens (including phenoxy) is 1. The van der Waals surface area contributed by atoms with Crippen LogP contribution in [0, 0.1) is 15.9 Å². The van der Waals surface area contributed by atoms with Crippen molar-refractivity contribution in [1.82, 2.24) is 10.9 Å². The summed E-state index contributed by atoms with van der Waals surface area (Å²) in [6, 6.07) is 10.4. The van der Waals surface area contributed by atoms with Crippen LogP contribution in [0.4, 0.5) is 10.1 Å². The van der Waals surface area contributed by atoms with E-state index in [1.165, 1.54) is 36.4 Å². The van der Waals surface area contributed by atoms with E-state index in [-0.39, 0.29) is 16.8 Å². The van der Waals surface area contributed by atoms with Crippen LogP contribution in [-0.2, 0) is 14.3 Å². The van der Waals surface area contributed by atoms with Crippen molar-refractivity contribution in [1.29, 1.82) is 0 Å². The average molecular weight is 387 g/mol. The molecule has 144 valence electrons. The number of para-hydroxylation sites is 1. The first kappa shape index (κ1) is 20.2. The minimum Gasteiger partial charge on any atom is -0.452 e. The molecule has 0 atom stereocenters. The molecule has 0 spiro atoms. The molecule has 0 saturated heterocycles. The second kappa shape index (κ2) is 9.57. The van der Waals surface area contributed by atoms with E-state index in [1.54, 1.807) is 6.07 Å². The minimum absolute atomic E-state index is 0.117. The van der Waals surface area contributed by atoms with Gasteiger partial charge in [-0.05, 0) is 36.4 Å². The number of benzene rings is 2. The number of rotatable bonds is 6. The smallest absolute Gasteiger partial charge is 0.331 e. The van der Waals surface area contributed by atoms with Crippen LogP contribution in [0.1, 0.15) is 15.9 Å². The van der Waals surface area contributed by atoms with Crippen LogP contribution < -0.4 is 10.9 Å². The van der Waals surface area contributed by atoms with E-state index in [1.807, 2.05) is 5.43 Å². The lowest BCUT2D eigenvalue weighted by Crippen LogP contribution is -2.43. The summed E-state index contributed by atoms with van der Waals surface area (Å²) in [6.07, 6.45) is 2.13. The summed E-state index contributed by atoms with van der Waals surface area (Å²) in [5, 5.41) is 10.9. The highest BCUT2D eigenvalue weighted by molar-refractivity contribution is 5.95. The van der Waals surface area contributed by atoms with Crippen molar-refractivity contribution in [3.05, 3.63) is 81.7 Å². The second-order valence-electron chi connectivity index (χ2n) is 5.27. The summed E-state index contributed by atoms with van der Waals surface area (Å²) < 4.78 is 17.5. The lowest BCUT2D eigenvalue weighted by molar-refractivity contribution is -0.385. The van der Waals surface area contributed by atoms with Gasteiger partial charge in [0.2, 0.25) is 0 Å².